The molecule has 25 heavy (non-hydrogen) atoms. The maximum atomic E-state index is 5.58. The molecule has 3 aromatic rings. The Hall–Kier alpha value is -2.27. The fourth-order valence-electron chi connectivity index (χ4n) is 3.33. The van der Waals surface area contributed by atoms with Crippen LogP contribution in [0.5, 0.6) is 5.75 Å². The molecule has 4 nitrogen and oxygen atoms in total. The number of hydrogen-bond donors (Lipinski definition) is 1. The van der Waals surface area contributed by atoms with Gasteiger partial charge in [0.2, 0.25) is 0 Å². The highest BCUT2D eigenvalue weighted by atomic mass is 79.9. The fraction of sp³-hybridized carbons (Fsp3) is 0.250. The smallest absolute Gasteiger partial charge is 0.133 e. The first-order valence-corrected chi connectivity index (χ1v) is 9.32. The Morgan fingerprint density at radius 1 is 1.08 bits per heavy atom. The third kappa shape index (κ3) is 3.04. The van der Waals surface area contributed by atoms with E-state index in [1.54, 1.807) is 7.11 Å². The minimum atomic E-state index is 0.856. The quantitative estimate of drug-likeness (QED) is 0.671. The lowest BCUT2D eigenvalue weighted by molar-refractivity contribution is 0.416. The van der Waals surface area contributed by atoms with E-state index in [0.717, 1.165) is 52.4 Å². The van der Waals surface area contributed by atoms with E-state index < -0.39 is 0 Å². The van der Waals surface area contributed by atoms with Crippen molar-refractivity contribution >= 4 is 21.7 Å². The number of para-hydroxylation sites is 1. The number of ether oxygens (including phenoxy) is 1. The summed E-state index contributed by atoms with van der Waals surface area (Å²) in [6, 6.07) is 16.3. The van der Waals surface area contributed by atoms with Crippen molar-refractivity contribution in [3.63, 3.8) is 0 Å². The zero-order chi connectivity index (χ0) is 17.2. The topological polar surface area (TPSA) is 39.1 Å². The summed E-state index contributed by atoms with van der Waals surface area (Å²) in [4.78, 5) is 0. The van der Waals surface area contributed by atoms with E-state index in [4.69, 9.17) is 9.84 Å². The molecule has 0 amide bonds. The van der Waals surface area contributed by atoms with Crippen molar-refractivity contribution in [3.05, 3.63) is 58.6 Å². The van der Waals surface area contributed by atoms with Gasteiger partial charge in [0.15, 0.2) is 0 Å². The van der Waals surface area contributed by atoms with Gasteiger partial charge in [-0.05, 0) is 55.7 Å². The summed E-state index contributed by atoms with van der Waals surface area (Å²) in [6.45, 7) is 0.973. The minimum absolute atomic E-state index is 0.856. The summed E-state index contributed by atoms with van der Waals surface area (Å²) in [5.74, 6) is 1.95. The van der Waals surface area contributed by atoms with E-state index in [-0.39, 0.29) is 0 Å². The van der Waals surface area contributed by atoms with Crippen molar-refractivity contribution < 1.29 is 4.74 Å². The van der Waals surface area contributed by atoms with Crippen molar-refractivity contribution in [1.29, 1.82) is 0 Å². The molecule has 2 aromatic carbocycles. The Morgan fingerprint density at radius 3 is 2.68 bits per heavy atom. The number of anilines is 1. The molecular formula is C20H20BrN3O. The largest absolute Gasteiger partial charge is 0.496 e. The van der Waals surface area contributed by atoms with Crippen LogP contribution in [0, 0.1) is 0 Å². The van der Waals surface area contributed by atoms with Crippen LogP contribution in [0.2, 0.25) is 0 Å². The molecule has 5 heteroatoms. The zero-order valence-corrected chi connectivity index (χ0v) is 15.7. The molecule has 0 bridgehead atoms. The number of halogens is 1. The maximum absolute atomic E-state index is 5.58. The number of benzene rings is 2. The van der Waals surface area contributed by atoms with Gasteiger partial charge in [0.25, 0.3) is 0 Å². The maximum Gasteiger partial charge on any atom is 0.133 e. The van der Waals surface area contributed by atoms with Gasteiger partial charge in [-0.1, -0.05) is 28.1 Å². The molecule has 1 aromatic heterocycles. The first kappa shape index (κ1) is 16.2. The third-order valence-corrected chi connectivity index (χ3v) is 5.09. The number of rotatable bonds is 3. The van der Waals surface area contributed by atoms with Crippen LogP contribution in [0.15, 0.2) is 53.0 Å². The standard InChI is InChI=1S/C20H20BrN3O/c1-25-18-8-3-2-6-16(18)19-17-7-4-5-13-22-20(17)24(23-19)15-11-9-14(21)10-12-15/h2-3,6,8-12,22H,4-5,7,13H2,1H3. The van der Waals surface area contributed by atoms with E-state index >= 15 is 0 Å². The van der Waals surface area contributed by atoms with E-state index in [2.05, 4.69) is 39.4 Å². The molecule has 1 aliphatic rings. The highest BCUT2D eigenvalue weighted by Crippen LogP contribution is 2.37. The first-order chi connectivity index (χ1) is 12.3. The number of aromatic nitrogens is 2. The monoisotopic (exact) mass is 397 g/mol. The Kier molecular flexibility index (Phi) is 4.49. The van der Waals surface area contributed by atoms with Crippen LogP contribution in [-0.2, 0) is 6.42 Å². The molecule has 0 unspecified atom stereocenters. The number of fused-ring (bicyclic) bond motifs is 1. The lowest BCUT2D eigenvalue weighted by atomic mass is 10.0. The van der Waals surface area contributed by atoms with Crippen molar-refractivity contribution in [2.45, 2.75) is 19.3 Å². The molecule has 0 fully saturated rings. The SMILES string of the molecule is COc1ccccc1-c1nn(-c2ccc(Br)cc2)c2c1CCCCN2. The Morgan fingerprint density at radius 2 is 1.88 bits per heavy atom. The van der Waals surface area contributed by atoms with Gasteiger partial charge in [0, 0.05) is 22.1 Å². The molecule has 1 N–H and O–H groups in total. The average molecular weight is 398 g/mol. The third-order valence-electron chi connectivity index (χ3n) is 4.56. The molecule has 4 rings (SSSR count). The molecule has 0 atom stereocenters. The summed E-state index contributed by atoms with van der Waals surface area (Å²) < 4.78 is 8.66. The Bertz CT molecular complexity index is 886. The Labute approximate surface area is 156 Å². The van der Waals surface area contributed by atoms with Crippen molar-refractivity contribution in [2.75, 3.05) is 19.0 Å². The number of nitrogens with zero attached hydrogens (tertiary/aromatic N) is 2. The van der Waals surface area contributed by atoms with Crippen LogP contribution >= 0.6 is 15.9 Å². The van der Waals surface area contributed by atoms with Crippen LogP contribution in [0.4, 0.5) is 5.82 Å². The number of nitrogens with one attached hydrogen (secondary N) is 1. The van der Waals surface area contributed by atoms with E-state index in [9.17, 15) is 0 Å². The Balaban J connectivity index is 1.92. The molecule has 2 heterocycles. The molecule has 0 saturated carbocycles. The molecule has 1 aliphatic heterocycles. The molecule has 0 aliphatic carbocycles. The lowest BCUT2D eigenvalue weighted by Gasteiger charge is -2.09. The van der Waals surface area contributed by atoms with Gasteiger partial charge in [0.1, 0.15) is 17.3 Å². The second-order valence-electron chi connectivity index (χ2n) is 6.15. The highest BCUT2D eigenvalue weighted by Gasteiger charge is 2.23. The van der Waals surface area contributed by atoms with Gasteiger partial charge in [-0.15, -0.1) is 0 Å². The second-order valence-corrected chi connectivity index (χ2v) is 7.06. The summed E-state index contributed by atoms with van der Waals surface area (Å²) in [5, 5.41) is 8.55. The van der Waals surface area contributed by atoms with Crippen LogP contribution in [0.1, 0.15) is 18.4 Å². The van der Waals surface area contributed by atoms with E-state index in [1.165, 1.54) is 12.0 Å². The van der Waals surface area contributed by atoms with Gasteiger partial charge in [0.05, 0.1) is 12.8 Å². The predicted molar refractivity (Wildman–Crippen MR) is 105 cm³/mol. The molecule has 0 saturated heterocycles. The lowest BCUT2D eigenvalue weighted by Crippen LogP contribution is -2.07. The van der Waals surface area contributed by atoms with Gasteiger partial charge in [-0.25, -0.2) is 4.68 Å². The molecule has 128 valence electrons. The van der Waals surface area contributed by atoms with Crippen molar-refractivity contribution in [2.24, 2.45) is 0 Å². The number of methoxy groups -OCH3 is 1. The van der Waals surface area contributed by atoms with Crippen LogP contribution in [-0.4, -0.2) is 23.4 Å². The fourth-order valence-corrected chi connectivity index (χ4v) is 3.59. The van der Waals surface area contributed by atoms with Gasteiger partial charge in [-0.2, -0.15) is 5.10 Å². The molecule has 0 radical (unpaired) electrons. The zero-order valence-electron chi connectivity index (χ0n) is 14.1. The normalized spacial score (nSPS) is 13.7. The summed E-state index contributed by atoms with van der Waals surface area (Å²) in [7, 11) is 1.71. The van der Waals surface area contributed by atoms with Crippen molar-refractivity contribution in [3.8, 4) is 22.7 Å². The summed E-state index contributed by atoms with van der Waals surface area (Å²) >= 11 is 3.50. The summed E-state index contributed by atoms with van der Waals surface area (Å²) in [5.41, 5.74) is 4.37. The molecule has 0 spiro atoms. The van der Waals surface area contributed by atoms with Crippen LogP contribution < -0.4 is 10.1 Å². The van der Waals surface area contributed by atoms with Crippen molar-refractivity contribution in [1.82, 2.24) is 9.78 Å². The summed E-state index contributed by atoms with van der Waals surface area (Å²) in [6.07, 6.45) is 3.35. The highest BCUT2D eigenvalue weighted by molar-refractivity contribution is 9.10. The van der Waals surface area contributed by atoms with Gasteiger partial charge >= 0.3 is 0 Å². The first-order valence-electron chi connectivity index (χ1n) is 8.53. The van der Waals surface area contributed by atoms with Gasteiger partial charge < -0.3 is 10.1 Å². The van der Waals surface area contributed by atoms with Gasteiger partial charge in [-0.3, -0.25) is 0 Å². The second kappa shape index (κ2) is 6.92. The minimum Gasteiger partial charge on any atom is -0.496 e. The predicted octanol–water partition coefficient (Wildman–Crippen LogP) is 5.06. The average Bonchev–Trinajstić information content (AvgIpc) is 2.83. The molecular weight excluding hydrogens is 378 g/mol. The number of hydrogen-bond acceptors (Lipinski definition) is 3. The van der Waals surface area contributed by atoms with Crippen LogP contribution in [0.25, 0.3) is 16.9 Å². The van der Waals surface area contributed by atoms with E-state index in [1.807, 2.05) is 35.0 Å². The van der Waals surface area contributed by atoms with Crippen LogP contribution in [0.3, 0.4) is 0 Å². The van der Waals surface area contributed by atoms with E-state index in [0.29, 0.717) is 0 Å².